The summed E-state index contributed by atoms with van der Waals surface area (Å²) in [4.78, 5) is 23.2. The van der Waals surface area contributed by atoms with E-state index in [2.05, 4.69) is 19.6 Å². The Morgan fingerprint density at radius 3 is 2.32 bits per heavy atom. The van der Waals surface area contributed by atoms with Crippen molar-refractivity contribution < 1.29 is 37.3 Å². The van der Waals surface area contributed by atoms with Crippen LogP contribution in [-0.4, -0.2) is 53.3 Å². The van der Waals surface area contributed by atoms with Crippen LogP contribution in [0.1, 0.15) is 5.56 Å². The van der Waals surface area contributed by atoms with Gasteiger partial charge in [-0.3, -0.25) is 4.79 Å². The lowest BCUT2D eigenvalue weighted by Gasteiger charge is -2.23. The fraction of sp³-hybridized carbons (Fsp3) is 0.364. The Hall–Kier alpha value is -3.09. The highest BCUT2D eigenvalue weighted by atomic mass is 32.2. The molecular formula is C22H30N2O8SSi. The fourth-order valence-corrected chi connectivity index (χ4v) is 4.16. The first-order chi connectivity index (χ1) is 15.8. The van der Waals surface area contributed by atoms with Crippen molar-refractivity contribution >= 4 is 35.9 Å². The van der Waals surface area contributed by atoms with Crippen LogP contribution in [-0.2, 0) is 31.1 Å². The van der Waals surface area contributed by atoms with Crippen molar-refractivity contribution in [1.82, 2.24) is 0 Å². The van der Waals surface area contributed by atoms with Gasteiger partial charge in [-0.25, -0.2) is 14.2 Å². The van der Waals surface area contributed by atoms with E-state index in [4.69, 9.17) is 24.5 Å². The van der Waals surface area contributed by atoms with Gasteiger partial charge in [0.2, 0.25) is 0 Å². The van der Waals surface area contributed by atoms with Gasteiger partial charge in [-0.2, -0.15) is 8.42 Å². The molecule has 0 fully saturated rings. The van der Waals surface area contributed by atoms with Crippen molar-refractivity contribution in [3.8, 4) is 11.5 Å². The first-order valence-electron chi connectivity index (χ1n) is 10.5. The molecule has 0 aliphatic rings. The Labute approximate surface area is 200 Å². The zero-order valence-electron chi connectivity index (χ0n) is 19.4. The number of aliphatic carboxylic acids is 1. The molecule has 0 radical (unpaired) electrons. The number of rotatable bonds is 13. The van der Waals surface area contributed by atoms with Gasteiger partial charge in [-0.1, -0.05) is 50.0 Å². The van der Waals surface area contributed by atoms with Crippen LogP contribution in [0.5, 0.6) is 11.5 Å². The van der Waals surface area contributed by atoms with E-state index >= 15 is 0 Å². The zero-order valence-corrected chi connectivity index (χ0v) is 21.2. The first kappa shape index (κ1) is 27.2. The predicted octanol–water partition coefficient (Wildman–Crippen LogP) is 2.62. The van der Waals surface area contributed by atoms with Crippen LogP contribution in [0.25, 0.3) is 0 Å². The maximum atomic E-state index is 12.1. The van der Waals surface area contributed by atoms with Crippen LogP contribution >= 0.6 is 0 Å². The van der Waals surface area contributed by atoms with Crippen molar-refractivity contribution in [1.29, 1.82) is 0 Å². The minimum atomic E-state index is -4.42. The quantitative estimate of drug-likeness (QED) is 0.309. The standard InChI is InChI=1S/C22H30N2O8SSi/c1-34(2,3)12-11-30-22(27)16-31-18-9-10-19(24(14-21(25)26)33(23,28)29)20(13-18)32-15-17-7-5-4-6-8-17/h4-10,13H,11-12,14-16H2,1-3H3,(H,25,26)(H2,23,28,29). The van der Waals surface area contributed by atoms with E-state index < -0.39 is 36.8 Å². The molecule has 0 amide bonds. The zero-order chi connectivity index (χ0) is 25.4. The summed E-state index contributed by atoms with van der Waals surface area (Å²) in [5.74, 6) is -1.71. The molecule has 2 aromatic rings. The SMILES string of the molecule is C[Si](C)(C)CCOC(=O)COc1ccc(N(CC(=O)O)S(N)(=O)=O)c(OCc2ccccc2)c1. The number of benzene rings is 2. The third-order valence-electron chi connectivity index (χ3n) is 4.49. The second-order valence-electron chi connectivity index (χ2n) is 8.67. The molecule has 0 saturated carbocycles. The lowest BCUT2D eigenvalue weighted by molar-refractivity contribution is -0.145. The average Bonchev–Trinajstić information content (AvgIpc) is 2.74. The molecule has 0 aromatic heterocycles. The molecule has 34 heavy (non-hydrogen) atoms. The summed E-state index contributed by atoms with van der Waals surface area (Å²) in [6, 6.07) is 14.0. The molecule has 0 atom stereocenters. The number of nitrogens with zero attached hydrogens (tertiary/aromatic N) is 1. The number of carboxylic acid groups (broad SMARTS) is 1. The molecule has 0 aliphatic heterocycles. The molecule has 10 nitrogen and oxygen atoms in total. The van der Waals surface area contributed by atoms with Crippen molar-refractivity contribution in [2.45, 2.75) is 32.3 Å². The van der Waals surface area contributed by atoms with E-state index in [-0.39, 0.29) is 30.4 Å². The second kappa shape index (κ2) is 11.9. The second-order valence-corrected chi connectivity index (χ2v) is 15.8. The van der Waals surface area contributed by atoms with E-state index in [0.717, 1.165) is 11.6 Å². The molecule has 0 unspecified atom stereocenters. The molecule has 0 bridgehead atoms. The van der Waals surface area contributed by atoms with Crippen LogP contribution in [0, 0.1) is 0 Å². The van der Waals surface area contributed by atoms with Crippen molar-refractivity contribution in [3.05, 3.63) is 54.1 Å². The number of hydrogen-bond donors (Lipinski definition) is 2. The Morgan fingerprint density at radius 2 is 1.74 bits per heavy atom. The number of anilines is 1. The van der Waals surface area contributed by atoms with Crippen LogP contribution in [0.3, 0.4) is 0 Å². The molecule has 0 saturated heterocycles. The van der Waals surface area contributed by atoms with E-state index in [1.807, 2.05) is 30.3 Å². The molecule has 12 heteroatoms. The summed E-state index contributed by atoms with van der Waals surface area (Å²) < 4.78 is 41.1. The summed E-state index contributed by atoms with van der Waals surface area (Å²) in [5, 5.41) is 14.4. The van der Waals surface area contributed by atoms with Gasteiger partial charge in [0.15, 0.2) is 6.61 Å². The number of carbonyl (C=O) groups excluding carboxylic acids is 1. The lowest BCUT2D eigenvalue weighted by atomic mass is 10.2. The van der Waals surface area contributed by atoms with Gasteiger partial charge in [0.1, 0.15) is 24.7 Å². The van der Waals surface area contributed by atoms with Crippen molar-refractivity contribution in [2.75, 3.05) is 24.1 Å². The molecule has 0 heterocycles. The number of hydrogen-bond acceptors (Lipinski definition) is 7. The highest BCUT2D eigenvalue weighted by Crippen LogP contribution is 2.34. The van der Waals surface area contributed by atoms with Crippen molar-refractivity contribution in [3.63, 3.8) is 0 Å². The predicted molar refractivity (Wildman–Crippen MR) is 130 cm³/mol. The molecule has 3 N–H and O–H groups in total. The number of carboxylic acids is 1. The van der Waals surface area contributed by atoms with Crippen LogP contribution in [0.4, 0.5) is 5.69 Å². The largest absolute Gasteiger partial charge is 0.487 e. The maximum absolute atomic E-state index is 12.1. The average molecular weight is 511 g/mol. The highest BCUT2D eigenvalue weighted by molar-refractivity contribution is 7.90. The Kier molecular flexibility index (Phi) is 9.47. The summed E-state index contributed by atoms with van der Waals surface area (Å²) in [6.45, 7) is 5.66. The molecule has 2 rings (SSSR count). The van der Waals surface area contributed by atoms with Gasteiger partial charge in [0.05, 0.1) is 12.3 Å². The highest BCUT2D eigenvalue weighted by Gasteiger charge is 2.25. The Bertz CT molecular complexity index is 1090. The van der Waals surface area contributed by atoms with E-state index in [0.29, 0.717) is 10.9 Å². The van der Waals surface area contributed by atoms with Crippen molar-refractivity contribution in [2.24, 2.45) is 5.14 Å². The third kappa shape index (κ3) is 9.41. The third-order valence-corrected chi connectivity index (χ3v) is 7.14. The minimum Gasteiger partial charge on any atom is -0.487 e. The van der Waals surface area contributed by atoms with Crippen LogP contribution in [0.15, 0.2) is 48.5 Å². The first-order valence-corrected chi connectivity index (χ1v) is 15.7. The number of carbonyl (C=O) groups is 2. The number of esters is 1. The number of ether oxygens (including phenoxy) is 3. The maximum Gasteiger partial charge on any atom is 0.344 e. The Morgan fingerprint density at radius 1 is 1.06 bits per heavy atom. The van der Waals surface area contributed by atoms with Gasteiger partial charge in [-0.15, -0.1) is 0 Å². The van der Waals surface area contributed by atoms with Gasteiger partial charge >= 0.3 is 11.9 Å². The molecule has 0 aliphatic carbocycles. The molecule has 2 aromatic carbocycles. The topological polar surface area (TPSA) is 145 Å². The molecular weight excluding hydrogens is 480 g/mol. The van der Waals surface area contributed by atoms with Gasteiger partial charge in [-0.05, 0) is 23.7 Å². The Balaban J connectivity index is 2.22. The van der Waals surface area contributed by atoms with Crippen LogP contribution < -0.4 is 18.9 Å². The fourth-order valence-electron chi connectivity index (χ4n) is 2.73. The summed E-state index contributed by atoms with van der Waals surface area (Å²) >= 11 is 0. The smallest absolute Gasteiger partial charge is 0.344 e. The van der Waals surface area contributed by atoms with E-state index in [1.165, 1.54) is 18.2 Å². The monoisotopic (exact) mass is 510 g/mol. The van der Waals surface area contributed by atoms with E-state index in [1.54, 1.807) is 0 Å². The number of nitrogens with two attached hydrogens (primary N) is 1. The summed E-state index contributed by atoms with van der Waals surface area (Å²) in [5.41, 5.74) is 0.719. The van der Waals surface area contributed by atoms with Gasteiger partial charge in [0.25, 0.3) is 10.2 Å². The van der Waals surface area contributed by atoms with Crippen LogP contribution in [0.2, 0.25) is 25.7 Å². The van der Waals surface area contributed by atoms with Gasteiger partial charge < -0.3 is 19.3 Å². The van der Waals surface area contributed by atoms with E-state index in [9.17, 15) is 18.0 Å². The molecule has 0 spiro atoms. The molecule has 186 valence electrons. The lowest BCUT2D eigenvalue weighted by Crippen LogP contribution is -2.40. The summed E-state index contributed by atoms with van der Waals surface area (Å²) in [6.07, 6.45) is 0. The van der Waals surface area contributed by atoms with Gasteiger partial charge in [0, 0.05) is 14.1 Å². The summed E-state index contributed by atoms with van der Waals surface area (Å²) in [7, 11) is -5.76. The minimum absolute atomic E-state index is 0.0173. The normalized spacial score (nSPS) is 11.5.